The number of fused-ring (bicyclic) bond motifs is 1. The van der Waals surface area contributed by atoms with Crippen molar-refractivity contribution >= 4 is 22.5 Å². The van der Waals surface area contributed by atoms with Crippen molar-refractivity contribution in [3.05, 3.63) is 59.9 Å². The van der Waals surface area contributed by atoms with Crippen molar-refractivity contribution in [2.45, 2.75) is 50.3 Å². The monoisotopic (exact) mass is 475 g/mol. The van der Waals surface area contributed by atoms with E-state index in [0.717, 1.165) is 48.1 Å². The fourth-order valence-corrected chi connectivity index (χ4v) is 5.26. The zero-order chi connectivity index (χ0) is 24.4. The van der Waals surface area contributed by atoms with Crippen LogP contribution in [0.5, 0.6) is 5.88 Å². The molecule has 35 heavy (non-hydrogen) atoms. The molecule has 184 valence electrons. The standard InChI is InChI=1S/C27H33N5O3/c1-18-6-7-19-10-13-28-26(22(19)14-18)29-15-24(33)30-20-16-32(17-20)21-8-11-27(34,12-9-21)23-4-3-5-25(31-23)35-2/h3-7,10,13-14,20-21,34H,8-9,11-12,15-17H2,1-2H3,(H,28,29)(H,30,33). The SMILES string of the molecule is COc1cccc(C2(O)CCC(N3CC(NC(=O)CNc4nccc5ccc(C)cc45)C3)CC2)n1. The molecule has 2 aromatic heterocycles. The van der Waals surface area contributed by atoms with Crippen molar-refractivity contribution in [1.29, 1.82) is 0 Å². The van der Waals surface area contributed by atoms with E-state index in [-0.39, 0.29) is 18.5 Å². The van der Waals surface area contributed by atoms with Crippen LogP contribution in [0, 0.1) is 6.92 Å². The maximum Gasteiger partial charge on any atom is 0.239 e. The van der Waals surface area contributed by atoms with Crippen LogP contribution < -0.4 is 15.4 Å². The molecule has 3 aromatic rings. The number of benzene rings is 1. The number of aliphatic hydroxyl groups is 1. The number of methoxy groups -OCH3 is 1. The van der Waals surface area contributed by atoms with E-state index in [9.17, 15) is 9.90 Å². The number of aryl methyl sites for hydroxylation is 1. The van der Waals surface area contributed by atoms with Gasteiger partial charge in [-0.15, -0.1) is 0 Å². The van der Waals surface area contributed by atoms with Crippen molar-refractivity contribution in [3.8, 4) is 5.88 Å². The van der Waals surface area contributed by atoms with E-state index in [1.54, 1.807) is 19.4 Å². The van der Waals surface area contributed by atoms with E-state index in [1.807, 2.05) is 25.1 Å². The Kier molecular flexibility index (Phi) is 6.58. The van der Waals surface area contributed by atoms with Gasteiger partial charge in [-0.2, -0.15) is 0 Å². The van der Waals surface area contributed by atoms with E-state index in [2.05, 4.69) is 43.7 Å². The topological polar surface area (TPSA) is 99.6 Å². The minimum Gasteiger partial charge on any atom is -0.481 e. The number of hydrogen-bond acceptors (Lipinski definition) is 7. The number of rotatable bonds is 7. The molecule has 2 aliphatic rings. The van der Waals surface area contributed by atoms with E-state index < -0.39 is 5.60 Å². The number of ether oxygens (including phenoxy) is 1. The molecule has 1 aromatic carbocycles. The molecule has 0 unspecified atom stereocenters. The quantitative estimate of drug-likeness (QED) is 0.483. The first-order chi connectivity index (χ1) is 16.9. The largest absolute Gasteiger partial charge is 0.481 e. The molecule has 0 spiro atoms. The molecule has 8 nitrogen and oxygen atoms in total. The van der Waals surface area contributed by atoms with Gasteiger partial charge in [0.2, 0.25) is 11.8 Å². The summed E-state index contributed by atoms with van der Waals surface area (Å²) in [6.45, 7) is 3.93. The third-order valence-electron chi connectivity index (χ3n) is 7.32. The molecule has 1 saturated carbocycles. The highest BCUT2D eigenvalue weighted by molar-refractivity contribution is 5.93. The van der Waals surface area contributed by atoms with Crippen molar-refractivity contribution < 1.29 is 14.6 Å². The van der Waals surface area contributed by atoms with Gasteiger partial charge in [0, 0.05) is 36.8 Å². The van der Waals surface area contributed by atoms with Crippen molar-refractivity contribution in [3.63, 3.8) is 0 Å². The lowest BCUT2D eigenvalue weighted by Crippen LogP contribution is -2.63. The van der Waals surface area contributed by atoms with Crippen molar-refractivity contribution in [2.24, 2.45) is 0 Å². The average molecular weight is 476 g/mol. The molecule has 3 N–H and O–H groups in total. The van der Waals surface area contributed by atoms with E-state index in [0.29, 0.717) is 30.5 Å². The molecule has 2 fully saturated rings. The number of aromatic nitrogens is 2. The van der Waals surface area contributed by atoms with Crippen LogP contribution in [-0.2, 0) is 10.4 Å². The van der Waals surface area contributed by atoms with Gasteiger partial charge in [0.25, 0.3) is 0 Å². The van der Waals surface area contributed by atoms with Gasteiger partial charge in [-0.1, -0.05) is 23.8 Å². The van der Waals surface area contributed by atoms with Crippen LogP contribution in [0.4, 0.5) is 5.82 Å². The highest BCUT2D eigenvalue weighted by Gasteiger charge is 2.41. The molecule has 1 saturated heterocycles. The highest BCUT2D eigenvalue weighted by atomic mass is 16.5. The first kappa shape index (κ1) is 23.5. The van der Waals surface area contributed by atoms with E-state index in [4.69, 9.17) is 4.74 Å². The Morgan fingerprint density at radius 2 is 2.00 bits per heavy atom. The predicted molar refractivity (Wildman–Crippen MR) is 135 cm³/mol. The molecular weight excluding hydrogens is 442 g/mol. The van der Waals surface area contributed by atoms with E-state index >= 15 is 0 Å². The van der Waals surface area contributed by atoms with Gasteiger partial charge in [0.15, 0.2) is 0 Å². The second kappa shape index (κ2) is 9.79. The summed E-state index contributed by atoms with van der Waals surface area (Å²) in [5.41, 5.74) is 0.949. The smallest absolute Gasteiger partial charge is 0.239 e. The number of hydrogen-bond donors (Lipinski definition) is 3. The summed E-state index contributed by atoms with van der Waals surface area (Å²) in [5.74, 6) is 1.24. The molecule has 8 heteroatoms. The number of pyridine rings is 2. The minimum atomic E-state index is -0.899. The maximum absolute atomic E-state index is 12.5. The normalized spacial score (nSPS) is 23.0. The van der Waals surface area contributed by atoms with Gasteiger partial charge in [-0.3, -0.25) is 9.69 Å². The first-order valence-electron chi connectivity index (χ1n) is 12.3. The van der Waals surface area contributed by atoms with Crippen LogP contribution in [0.3, 0.4) is 0 Å². The number of nitrogens with zero attached hydrogens (tertiary/aromatic N) is 3. The lowest BCUT2D eigenvalue weighted by Gasteiger charge is -2.48. The summed E-state index contributed by atoms with van der Waals surface area (Å²) in [4.78, 5) is 23.8. The summed E-state index contributed by atoms with van der Waals surface area (Å²) in [5, 5.41) is 19.6. The summed E-state index contributed by atoms with van der Waals surface area (Å²) in [7, 11) is 1.59. The number of amides is 1. The average Bonchev–Trinajstić information content (AvgIpc) is 2.85. The van der Waals surface area contributed by atoms with Crippen LogP contribution >= 0.6 is 0 Å². The molecule has 1 aliphatic heterocycles. The van der Waals surface area contributed by atoms with Crippen LogP contribution in [0.1, 0.15) is 36.9 Å². The number of anilines is 1. The van der Waals surface area contributed by atoms with Gasteiger partial charge < -0.3 is 20.5 Å². The first-order valence-corrected chi connectivity index (χ1v) is 12.3. The Balaban J connectivity index is 1.07. The number of carbonyl (C=O) groups is 1. The Bertz CT molecular complexity index is 1200. The molecule has 1 amide bonds. The summed E-state index contributed by atoms with van der Waals surface area (Å²) >= 11 is 0. The Morgan fingerprint density at radius 3 is 2.77 bits per heavy atom. The van der Waals surface area contributed by atoms with Crippen LogP contribution in [0.2, 0.25) is 0 Å². The van der Waals surface area contributed by atoms with Gasteiger partial charge >= 0.3 is 0 Å². The molecular formula is C27H33N5O3. The second-order valence-electron chi connectivity index (χ2n) is 9.78. The summed E-state index contributed by atoms with van der Waals surface area (Å²) < 4.78 is 5.21. The van der Waals surface area contributed by atoms with Crippen LogP contribution in [0.25, 0.3) is 10.8 Å². The van der Waals surface area contributed by atoms with Gasteiger partial charge in [-0.05, 0) is 56.2 Å². The molecule has 0 bridgehead atoms. The second-order valence-corrected chi connectivity index (χ2v) is 9.78. The van der Waals surface area contributed by atoms with Crippen LogP contribution in [0.15, 0.2) is 48.7 Å². The zero-order valence-electron chi connectivity index (χ0n) is 20.3. The fraction of sp³-hybridized carbons (Fsp3) is 0.444. The zero-order valence-corrected chi connectivity index (χ0v) is 20.3. The lowest BCUT2D eigenvalue weighted by atomic mass is 9.78. The molecule has 5 rings (SSSR count). The Labute approximate surface area is 205 Å². The van der Waals surface area contributed by atoms with Gasteiger partial charge in [-0.25, -0.2) is 9.97 Å². The number of carbonyl (C=O) groups excluding carboxylic acids is 1. The molecule has 0 atom stereocenters. The predicted octanol–water partition coefficient (Wildman–Crippen LogP) is 2.99. The maximum atomic E-state index is 12.5. The molecule has 3 heterocycles. The molecule has 1 aliphatic carbocycles. The van der Waals surface area contributed by atoms with Gasteiger partial charge in [0.05, 0.1) is 25.4 Å². The Morgan fingerprint density at radius 1 is 1.20 bits per heavy atom. The lowest BCUT2D eigenvalue weighted by molar-refractivity contribution is -0.121. The highest BCUT2D eigenvalue weighted by Crippen LogP contribution is 2.39. The third kappa shape index (κ3) is 5.09. The Hall–Kier alpha value is -3.23. The fourth-order valence-electron chi connectivity index (χ4n) is 5.26. The molecule has 0 radical (unpaired) electrons. The minimum absolute atomic E-state index is 0.0248. The van der Waals surface area contributed by atoms with E-state index in [1.165, 1.54) is 0 Å². The third-order valence-corrected chi connectivity index (χ3v) is 7.32. The summed E-state index contributed by atoms with van der Waals surface area (Å²) in [6, 6.07) is 14.3. The summed E-state index contributed by atoms with van der Waals surface area (Å²) in [6.07, 6.45) is 4.92. The van der Waals surface area contributed by atoms with Crippen LogP contribution in [-0.4, -0.2) is 64.7 Å². The van der Waals surface area contributed by atoms with Crippen molar-refractivity contribution in [2.75, 3.05) is 32.1 Å². The van der Waals surface area contributed by atoms with Gasteiger partial charge in [0.1, 0.15) is 11.4 Å². The number of likely N-dealkylation sites (tertiary alicyclic amines) is 1. The van der Waals surface area contributed by atoms with Crippen molar-refractivity contribution in [1.82, 2.24) is 20.2 Å². The number of nitrogens with one attached hydrogen (secondary N) is 2.